The van der Waals surface area contributed by atoms with Crippen molar-refractivity contribution in [1.29, 1.82) is 0 Å². The third-order valence-corrected chi connectivity index (χ3v) is 2.95. The number of benzene rings is 2. The van der Waals surface area contributed by atoms with Crippen LogP contribution < -0.4 is 0 Å². The summed E-state index contributed by atoms with van der Waals surface area (Å²) in [5, 5.41) is 10.9. The molecule has 0 spiro atoms. The maximum Gasteiger partial charge on any atom is 0.277 e. The second kappa shape index (κ2) is 4.63. The average Bonchev–Trinajstić information content (AvgIpc) is 2.33. The highest BCUT2D eigenvalue weighted by Crippen LogP contribution is 2.33. The first kappa shape index (κ1) is 11.7. The Morgan fingerprint density at radius 1 is 1.06 bits per heavy atom. The summed E-state index contributed by atoms with van der Waals surface area (Å²) in [6.45, 7) is 0. The first-order valence-electron chi connectivity index (χ1n) is 4.79. The maximum absolute atomic E-state index is 13.9. The van der Waals surface area contributed by atoms with Gasteiger partial charge >= 0.3 is 0 Å². The molecule has 0 aromatic heterocycles. The second-order valence-electron chi connectivity index (χ2n) is 3.38. The van der Waals surface area contributed by atoms with Gasteiger partial charge in [0.15, 0.2) is 0 Å². The Bertz CT molecular complexity index is 586. The molecule has 5 heteroatoms. The van der Waals surface area contributed by atoms with Crippen molar-refractivity contribution in [2.24, 2.45) is 0 Å². The van der Waals surface area contributed by atoms with E-state index < -0.39 is 10.7 Å². The third kappa shape index (κ3) is 2.19. The number of rotatable bonds is 2. The Labute approximate surface area is 105 Å². The first-order valence-corrected chi connectivity index (χ1v) is 5.58. The Hall–Kier alpha value is -1.75. The third-order valence-electron chi connectivity index (χ3n) is 2.34. The van der Waals surface area contributed by atoms with Crippen LogP contribution in [-0.2, 0) is 0 Å². The van der Waals surface area contributed by atoms with Crippen LogP contribution in [0.2, 0.25) is 0 Å². The highest BCUT2D eigenvalue weighted by Gasteiger charge is 2.17. The summed E-state index contributed by atoms with van der Waals surface area (Å²) >= 11 is 3.06. The van der Waals surface area contributed by atoms with E-state index in [-0.39, 0.29) is 21.3 Å². The monoisotopic (exact) mass is 295 g/mol. The van der Waals surface area contributed by atoms with E-state index in [4.69, 9.17) is 0 Å². The van der Waals surface area contributed by atoms with Gasteiger partial charge in [-0.25, -0.2) is 4.39 Å². The van der Waals surface area contributed by atoms with Gasteiger partial charge in [-0.1, -0.05) is 24.3 Å². The zero-order valence-electron chi connectivity index (χ0n) is 8.56. The van der Waals surface area contributed by atoms with Crippen molar-refractivity contribution in [3.05, 3.63) is 62.9 Å². The molecule has 0 bridgehead atoms. The van der Waals surface area contributed by atoms with Crippen LogP contribution >= 0.6 is 15.9 Å². The topological polar surface area (TPSA) is 43.1 Å². The van der Waals surface area contributed by atoms with Crippen LogP contribution in [0.4, 0.5) is 10.1 Å². The molecule has 0 saturated carbocycles. The molecule has 0 radical (unpaired) electrons. The molecule has 2 rings (SSSR count). The number of nitrogens with zero attached hydrogens (tertiary/aromatic N) is 1. The van der Waals surface area contributed by atoms with E-state index in [1.807, 2.05) is 0 Å². The normalized spacial score (nSPS) is 10.2. The van der Waals surface area contributed by atoms with Crippen molar-refractivity contribution in [3.63, 3.8) is 0 Å². The zero-order chi connectivity index (χ0) is 12.4. The van der Waals surface area contributed by atoms with Gasteiger partial charge in [-0.2, -0.15) is 0 Å². The second-order valence-corrected chi connectivity index (χ2v) is 4.23. The summed E-state index contributed by atoms with van der Waals surface area (Å²) in [5.41, 5.74) is 0.382. The molecule has 3 nitrogen and oxygen atoms in total. The molecule has 2 aromatic carbocycles. The van der Waals surface area contributed by atoms with Gasteiger partial charge in [0.1, 0.15) is 5.82 Å². The van der Waals surface area contributed by atoms with Crippen LogP contribution in [-0.4, -0.2) is 4.92 Å². The zero-order valence-corrected chi connectivity index (χ0v) is 10.1. The van der Waals surface area contributed by atoms with Crippen LogP contribution in [0.3, 0.4) is 0 Å². The van der Waals surface area contributed by atoms with E-state index in [2.05, 4.69) is 15.9 Å². The highest BCUT2D eigenvalue weighted by molar-refractivity contribution is 9.10. The molecule has 0 atom stereocenters. The lowest BCUT2D eigenvalue weighted by atomic mass is 10.0. The average molecular weight is 296 g/mol. The number of nitro benzene ring substituents is 1. The van der Waals surface area contributed by atoms with E-state index in [0.29, 0.717) is 0 Å². The Balaban J connectivity index is 2.69. The molecular weight excluding hydrogens is 289 g/mol. The van der Waals surface area contributed by atoms with E-state index >= 15 is 0 Å². The minimum atomic E-state index is -0.518. The Morgan fingerprint density at radius 2 is 1.71 bits per heavy atom. The number of para-hydroxylation sites is 1. The van der Waals surface area contributed by atoms with Crippen LogP contribution in [0.1, 0.15) is 0 Å². The fourth-order valence-electron chi connectivity index (χ4n) is 1.57. The van der Waals surface area contributed by atoms with Crippen molar-refractivity contribution < 1.29 is 9.31 Å². The quantitative estimate of drug-likeness (QED) is 0.617. The van der Waals surface area contributed by atoms with E-state index in [9.17, 15) is 14.5 Å². The van der Waals surface area contributed by atoms with Crippen molar-refractivity contribution in [1.82, 2.24) is 0 Å². The van der Waals surface area contributed by atoms with Gasteiger partial charge in [0.05, 0.1) is 15.0 Å². The Kier molecular flexibility index (Phi) is 3.19. The van der Waals surface area contributed by atoms with Gasteiger partial charge in [-0.05, 0) is 28.1 Å². The number of halogens is 2. The van der Waals surface area contributed by atoms with E-state index in [1.165, 1.54) is 18.2 Å². The van der Waals surface area contributed by atoms with Crippen molar-refractivity contribution in [2.75, 3.05) is 0 Å². The lowest BCUT2D eigenvalue weighted by Gasteiger charge is -2.05. The molecule has 17 heavy (non-hydrogen) atoms. The van der Waals surface area contributed by atoms with Crippen molar-refractivity contribution in [2.45, 2.75) is 0 Å². The molecule has 0 N–H and O–H groups in total. The largest absolute Gasteiger partial charge is 0.277 e. The fraction of sp³-hybridized carbons (Fsp3) is 0. The Morgan fingerprint density at radius 3 is 2.41 bits per heavy atom. The number of hydrogen-bond acceptors (Lipinski definition) is 2. The molecule has 0 aliphatic heterocycles. The van der Waals surface area contributed by atoms with Gasteiger partial charge in [0.25, 0.3) is 5.69 Å². The number of nitro groups is 1. The summed E-state index contributed by atoms with van der Waals surface area (Å²) in [6.07, 6.45) is 0. The fourth-order valence-corrected chi connectivity index (χ4v) is 1.94. The lowest BCUT2D eigenvalue weighted by Crippen LogP contribution is -1.93. The predicted molar refractivity (Wildman–Crippen MR) is 66.2 cm³/mol. The molecular formula is C12H7BrFNO2. The van der Waals surface area contributed by atoms with Crippen LogP contribution in [0.5, 0.6) is 0 Å². The van der Waals surface area contributed by atoms with E-state index in [1.54, 1.807) is 24.3 Å². The lowest BCUT2D eigenvalue weighted by molar-refractivity contribution is -0.384. The van der Waals surface area contributed by atoms with Gasteiger partial charge < -0.3 is 0 Å². The van der Waals surface area contributed by atoms with Gasteiger partial charge in [-0.3, -0.25) is 10.1 Å². The smallest absolute Gasteiger partial charge is 0.258 e. The summed E-state index contributed by atoms with van der Waals surface area (Å²) in [5.74, 6) is -0.498. The predicted octanol–water partition coefficient (Wildman–Crippen LogP) is 4.16. The van der Waals surface area contributed by atoms with E-state index in [0.717, 1.165) is 0 Å². The summed E-state index contributed by atoms with van der Waals surface area (Å²) in [4.78, 5) is 10.3. The van der Waals surface area contributed by atoms with Gasteiger partial charge in [0.2, 0.25) is 0 Å². The number of hydrogen-bond donors (Lipinski definition) is 0. The standard InChI is InChI=1S/C12H7BrFNO2/c13-10-6-3-5-9(12(10)14)8-4-1-2-7-11(8)15(16)17/h1-7H. The molecule has 0 heterocycles. The molecule has 2 aromatic rings. The molecule has 0 aliphatic rings. The minimum absolute atomic E-state index is 0.107. The molecule has 86 valence electrons. The molecule has 0 unspecified atom stereocenters. The van der Waals surface area contributed by atoms with Crippen molar-refractivity contribution in [3.8, 4) is 11.1 Å². The molecule has 0 amide bonds. The maximum atomic E-state index is 13.9. The van der Waals surface area contributed by atoms with Gasteiger partial charge in [0, 0.05) is 11.6 Å². The minimum Gasteiger partial charge on any atom is -0.258 e. The van der Waals surface area contributed by atoms with Crippen LogP contribution in [0, 0.1) is 15.9 Å². The highest BCUT2D eigenvalue weighted by atomic mass is 79.9. The van der Waals surface area contributed by atoms with Crippen molar-refractivity contribution >= 4 is 21.6 Å². The summed E-state index contributed by atoms with van der Waals surface area (Å²) in [7, 11) is 0. The molecule has 0 fully saturated rings. The van der Waals surface area contributed by atoms with Gasteiger partial charge in [-0.15, -0.1) is 0 Å². The SMILES string of the molecule is O=[N+]([O-])c1ccccc1-c1cccc(Br)c1F. The first-order chi connectivity index (χ1) is 8.11. The van der Waals surface area contributed by atoms with Crippen LogP contribution in [0.15, 0.2) is 46.9 Å². The summed E-state index contributed by atoms with van der Waals surface area (Å²) < 4.78 is 14.1. The van der Waals surface area contributed by atoms with Crippen LogP contribution in [0.25, 0.3) is 11.1 Å². The molecule has 0 aliphatic carbocycles. The molecule has 0 saturated heterocycles. The summed E-state index contributed by atoms with van der Waals surface area (Å²) in [6, 6.07) is 10.8.